The number of ether oxygens (including phenoxy) is 1. The van der Waals surface area contributed by atoms with E-state index in [4.69, 9.17) is 16.3 Å². The van der Waals surface area contributed by atoms with Crippen molar-refractivity contribution in [1.82, 2.24) is 0 Å². The number of hydrogen-bond donors (Lipinski definition) is 1. The molecule has 0 aromatic heterocycles. The first-order valence-electron chi connectivity index (χ1n) is 4.82. The monoisotopic (exact) mass is 263 g/mol. The van der Waals surface area contributed by atoms with Gasteiger partial charge in [0.15, 0.2) is 0 Å². The van der Waals surface area contributed by atoms with Crippen molar-refractivity contribution < 1.29 is 13.2 Å². The summed E-state index contributed by atoms with van der Waals surface area (Å²) in [6.07, 6.45) is 0.554. The lowest BCUT2D eigenvalue weighted by molar-refractivity contribution is 0.417. The molecule has 0 heterocycles. The van der Waals surface area contributed by atoms with Crippen LogP contribution < -0.4 is 9.46 Å². The Morgan fingerprint density at radius 2 is 2.12 bits per heavy atom. The Balaban J connectivity index is 3.00. The second kappa shape index (κ2) is 5.41. The number of rotatable bonds is 5. The molecule has 1 aromatic carbocycles. The zero-order valence-electron chi connectivity index (χ0n) is 9.16. The maximum atomic E-state index is 11.6. The Labute approximate surface area is 101 Å². The van der Waals surface area contributed by atoms with Crippen molar-refractivity contribution >= 4 is 27.3 Å². The Hall–Kier alpha value is -0.940. The Kier molecular flexibility index (Phi) is 4.44. The highest BCUT2D eigenvalue weighted by atomic mass is 35.5. The van der Waals surface area contributed by atoms with Crippen LogP contribution in [-0.2, 0) is 10.0 Å². The van der Waals surface area contributed by atoms with Crippen LogP contribution in [0.5, 0.6) is 5.75 Å². The molecule has 0 spiro atoms. The summed E-state index contributed by atoms with van der Waals surface area (Å²) in [5.74, 6) is 0.520. The van der Waals surface area contributed by atoms with E-state index in [1.54, 1.807) is 19.1 Å². The number of benzene rings is 1. The van der Waals surface area contributed by atoms with Crippen LogP contribution >= 0.6 is 11.6 Å². The van der Waals surface area contributed by atoms with Gasteiger partial charge in [0.05, 0.1) is 18.6 Å². The summed E-state index contributed by atoms with van der Waals surface area (Å²) in [5.41, 5.74) is 0.364. The highest BCUT2D eigenvalue weighted by molar-refractivity contribution is 7.92. The normalized spacial score (nSPS) is 11.2. The number of methoxy groups -OCH3 is 1. The predicted octanol–water partition coefficient (Wildman–Crippen LogP) is 2.50. The molecule has 6 heteroatoms. The molecule has 1 rings (SSSR count). The minimum Gasteiger partial charge on any atom is -0.495 e. The van der Waals surface area contributed by atoms with E-state index in [1.165, 1.54) is 13.2 Å². The third-order valence-electron chi connectivity index (χ3n) is 1.90. The van der Waals surface area contributed by atoms with Gasteiger partial charge in [-0.05, 0) is 24.6 Å². The first kappa shape index (κ1) is 13.1. The molecule has 90 valence electrons. The van der Waals surface area contributed by atoms with Gasteiger partial charge in [0.1, 0.15) is 5.75 Å². The quantitative estimate of drug-likeness (QED) is 0.888. The van der Waals surface area contributed by atoms with Crippen LogP contribution in [0.4, 0.5) is 5.69 Å². The third-order valence-corrected chi connectivity index (χ3v) is 3.61. The number of anilines is 1. The second-order valence-electron chi connectivity index (χ2n) is 3.27. The molecule has 0 fully saturated rings. The summed E-state index contributed by atoms with van der Waals surface area (Å²) in [6, 6.07) is 4.78. The fraction of sp³-hybridized carbons (Fsp3) is 0.400. The molecule has 0 atom stereocenters. The molecular weight excluding hydrogens is 250 g/mol. The lowest BCUT2D eigenvalue weighted by Gasteiger charge is -2.11. The fourth-order valence-electron chi connectivity index (χ4n) is 1.25. The first-order valence-corrected chi connectivity index (χ1v) is 6.85. The minimum absolute atomic E-state index is 0.0721. The zero-order chi connectivity index (χ0) is 12.2. The van der Waals surface area contributed by atoms with Gasteiger partial charge in [0.25, 0.3) is 0 Å². The SMILES string of the molecule is CCCS(=O)(=O)Nc1cc(Cl)ccc1OC. The molecule has 0 saturated carbocycles. The summed E-state index contributed by atoms with van der Waals surface area (Å²) < 4.78 is 30.6. The lowest BCUT2D eigenvalue weighted by atomic mass is 10.3. The molecule has 0 amide bonds. The standard InChI is InChI=1S/C10H14ClNO3S/c1-3-6-16(13,14)12-9-7-8(11)4-5-10(9)15-2/h4-5,7,12H,3,6H2,1-2H3. The Morgan fingerprint density at radius 3 is 2.69 bits per heavy atom. The maximum Gasteiger partial charge on any atom is 0.232 e. The number of hydrogen-bond acceptors (Lipinski definition) is 3. The summed E-state index contributed by atoms with van der Waals surface area (Å²) in [6.45, 7) is 1.80. The van der Waals surface area contributed by atoms with Crippen molar-refractivity contribution in [3.05, 3.63) is 23.2 Å². The Morgan fingerprint density at radius 1 is 1.44 bits per heavy atom. The Bertz CT molecular complexity index is 459. The van der Waals surface area contributed by atoms with Gasteiger partial charge in [0, 0.05) is 5.02 Å². The highest BCUT2D eigenvalue weighted by Crippen LogP contribution is 2.28. The molecule has 1 aromatic rings. The highest BCUT2D eigenvalue weighted by Gasteiger charge is 2.12. The molecule has 4 nitrogen and oxygen atoms in total. The van der Waals surface area contributed by atoms with Crippen molar-refractivity contribution in [2.24, 2.45) is 0 Å². The molecule has 0 aliphatic carbocycles. The summed E-state index contributed by atoms with van der Waals surface area (Å²) >= 11 is 5.79. The lowest BCUT2D eigenvalue weighted by Crippen LogP contribution is -2.16. The van der Waals surface area contributed by atoms with Gasteiger partial charge in [0.2, 0.25) is 10.0 Å². The van der Waals surface area contributed by atoms with E-state index in [9.17, 15) is 8.42 Å². The van der Waals surface area contributed by atoms with E-state index in [1.807, 2.05) is 0 Å². The average molecular weight is 264 g/mol. The van der Waals surface area contributed by atoms with Gasteiger partial charge >= 0.3 is 0 Å². The van der Waals surface area contributed by atoms with E-state index in [-0.39, 0.29) is 5.75 Å². The summed E-state index contributed by atoms with van der Waals surface area (Å²) in [5, 5.41) is 0.454. The average Bonchev–Trinajstić information content (AvgIpc) is 2.17. The van der Waals surface area contributed by atoms with Crippen LogP contribution in [-0.4, -0.2) is 21.3 Å². The van der Waals surface area contributed by atoms with E-state index in [0.717, 1.165) is 0 Å². The topological polar surface area (TPSA) is 55.4 Å². The maximum absolute atomic E-state index is 11.6. The van der Waals surface area contributed by atoms with Gasteiger partial charge < -0.3 is 4.74 Å². The van der Waals surface area contributed by atoms with Gasteiger partial charge in [-0.25, -0.2) is 8.42 Å². The molecular formula is C10H14ClNO3S. The van der Waals surface area contributed by atoms with Gasteiger partial charge in [-0.1, -0.05) is 18.5 Å². The van der Waals surface area contributed by atoms with Crippen LogP contribution in [0.25, 0.3) is 0 Å². The summed E-state index contributed by atoms with van der Waals surface area (Å²) in [4.78, 5) is 0. The molecule has 0 radical (unpaired) electrons. The first-order chi connectivity index (χ1) is 7.48. The zero-order valence-corrected chi connectivity index (χ0v) is 10.7. The van der Waals surface area contributed by atoms with Crippen LogP contribution in [0.15, 0.2) is 18.2 Å². The molecule has 0 unspecified atom stereocenters. The predicted molar refractivity (Wildman–Crippen MR) is 65.7 cm³/mol. The van der Waals surface area contributed by atoms with E-state index >= 15 is 0 Å². The second-order valence-corrected chi connectivity index (χ2v) is 5.54. The van der Waals surface area contributed by atoms with Gasteiger partial charge in [-0.3, -0.25) is 4.72 Å². The third kappa shape index (κ3) is 3.57. The van der Waals surface area contributed by atoms with E-state index in [2.05, 4.69) is 4.72 Å². The van der Waals surface area contributed by atoms with Crippen LogP contribution in [0, 0.1) is 0 Å². The van der Waals surface area contributed by atoms with Crippen molar-refractivity contribution in [2.45, 2.75) is 13.3 Å². The minimum atomic E-state index is -3.32. The van der Waals surface area contributed by atoms with E-state index in [0.29, 0.717) is 22.9 Å². The van der Waals surface area contributed by atoms with Crippen molar-refractivity contribution in [3.63, 3.8) is 0 Å². The van der Waals surface area contributed by atoms with Gasteiger partial charge in [-0.15, -0.1) is 0 Å². The van der Waals surface area contributed by atoms with Crippen molar-refractivity contribution in [3.8, 4) is 5.75 Å². The number of halogens is 1. The molecule has 0 aliphatic heterocycles. The number of nitrogens with one attached hydrogen (secondary N) is 1. The van der Waals surface area contributed by atoms with Crippen LogP contribution in [0.2, 0.25) is 5.02 Å². The smallest absolute Gasteiger partial charge is 0.232 e. The van der Waals surface area contributed by atoms with Crippen molar-refractivity contribution in [2.75, 3.05) is 17.6 Å². The molecule has 1 N–H and O–H groups in total. The van der Waals surface area contributed by atoms with Crippen LogP contribution in [0.3, 0.4) is 0 Å². The van der Waals surface area contributed by atoms with E-state index < -0.39 is 10.0 Å². The molecule has 0 aliphatic rings. The van der Waals surface area contributed by atoms with Crippen molar-refractivity contribution in [1.29, 1.82) is 0 Å². The molecule has 0 saturated heterocycles. The largest absolute Gasteiger partial charge is 0.495 e. The summed E-state index contributed by atoms with van der Waals surface area (Å²) in [7, 11) is -1.85. The molecule has 16 heavy (non-hydrogen) atoms. The van der Waals surface area contributed by atoms with Crippen LogP contribution in [0.1, 0.15) is 13.3 Å². The fourth-order valence-corrected chi connectivity index (χ4v) is 2.55. The number of sulfonamides is 1. The molecule has 0 bridgehead atoms. The van der Waals surface area contributed by atoms with Gasteiger partial charge in [-0.2, -0.15) is 0 Å².